The Morgan fingerprint density at radius 3 is 3.31 bits per heavy atom. The molecule has 0 radical (unpaired) electrons. The molecule has 3 heterocycles. The number of oxazole rings is 1. The summed E-state index contributed by atoms with van der Waals surface area (Å²) in [6.45, 7) is 1.90. The fourth-order valence-electron chi connectivity index (χ4n) is 2.76. The molecule has 2 atom stereocenters. The van der Waals surface area contributed by atoms with Crippen molar-refractivity contribution < 1.29 is 9.21 Å². The minimum atomic E-state index is -0.0197. The zero-order valence-electron chi connectivity index (χ0n) is 9.06. The second-order valence-corrected chi connectivity index (χ2v) is 4.42. The zero-order valence-corrected chi connectivity index (χ0v) is 9.06. The van der Waals surface area contributed by atoms with Crippen LogP contribution in [0.1, 0.15) is 29.8 Å². The Labute approximate surface area is 93.8 Å². The van der Waals surface area contributed by atoms with Crippen molar-refractivity contribution >= 4 is 5.91 Å². The summed E-state index contributed by atoms with van der Waals surface area (Å²) < 4.78 is 5.06. The molecule has 2 fully saturated rings. The van der Waals surface area contributed by atoms with E-state index in [0.717, 1.165) is 32.4 Å². The maximum absolute atomic E-state index is 12.1. The maximum Gasteiger partial charge on any atom is 0.291 e. The first-order valence-corrected chi connectivity index (χ1v) is 5.79. The molecule has 0 saturated carbocycles. The van der Waals surface area contributed by atoms with Crippen molar-refractivity contribution in [2.24, 2.45) is 0 Å². The Kier molecular flexibility index (Phi) is 2.40. The number of hydrogen-bond donors (Lipinski definition) is 1. The van der Waals surface area contributed by atoms with E-state index in [1.54, 1.807) is 0 Å². The molecule has 0 aliphatic carbocycles. The number of rotatable bonds is 1. The van der Waals surface area contributed by atoms with Crippen molar-refractivity contribution in [1.82, 2.24) is 15.2 Å². The van der Waals surface area contributed by atoms with Crippen LogP contribution in [0.25, 0.3) is 0 Å². The summed E-state index contributed by atoms with van der Waals surface area (Å²) in [5.74, 6) is 0.333. The van der Waals surface area contributed by atoms with Gasteiger partial charge in [-0.1, -0.05) is 0 Å². The molecule has 0 aromatic carbocycles. The number of piperidine rings is 1. The van der Waals surface area contributed by atoms with Crippen LogP contribution in [0.5, 0.6) is 0 Å². The van der Waals surface area contributed by atoms with Gasteiger partial charge in [-0.2, -0.15) is 0 Å². The van der Waals surface area contributed by atoms with E-state index in [9.17, 15) is 4.79 Å². The first kappa shape index (κ1) is 9.84. The van der Waals surface area contributed by atoms with Gasteiger partial charge in [0.2, 0.25) is 5.76 Å². The minimum Gasteiger partial charge on any atom is -0.438 e. The molecule has 86 valence electrons. The predicted molar refractivity (Wildman–Crippen MR) is 57.0 cm³/mol. The number of nitrogens with zero attached hydrogens (tertiary/aromatic N) is 2. The third-order valence-electron chi connectivity index (χ3n) is 3.53. The van der Waals surface area contributed by atoms with E-state index in [2.05, 4.69) is 10.3 Å². The van der Waals surface area contributed by atoms with Crippen molar-refractivity contribution in [1.29, 1.82) is 0 Å². The number of carbonyl (C=O) groups excluding carboxylic acids is 1. The van der Waals surface area contributed by atoms with Crippen LogP contribution in [0.4, 0.5) is 0 Å². The standard InChI is InChI=1S/C11H15N3O2/c15-11(10-6-12-7-16-10)14-5-3-8-9(14)2-1-4-13-8/h6-9,13H,1-5H2. The molecule has 3 rings (SSSR count). The van der Waals surface area contributed by atoms with Crippen LogP contribution in [0, 0.1) is 0 Å². The number of aromatic nitrogens is 1. The first-order valence-electron chi connectivity index (χ1n) is 5.79. The third-order valence-corrected chi connectivity index (χ3v) is 3.53. The molecular formula is C11H15N3O2. The molecule has 2 aliphatic heterocycles. The lowest BCUT2D eigenvalue weighted by atomic mass is 9.99. The van der Waals surface area contributed by atoms with Crippen LogP contribution < -0.4 is 5.32 Å². The van der Waals surface area contributed by atoms with Crippen molar-refractivity contribution in [2.45, 2.75) is 31.3 Å². The molecular weight excluding hydrogens is 206 g/mol. The lowest BCUT2D eigenvalue weighted by Crippen LogP contribution is -2.48. The molecule has 2 aliphatic rings. The van der Waals surface area contributed by atoms with Gasteiger partial charge in [-0.3, -0.25) is 4.79 Å². The summed E-state index contributed by atoms with van der Waals surface area (Å²) in [5.41, 5.74) is 0. The molecule has 1 amide bonds. The number of carbonyl (C=O) groups is 1. The van der Waals surface area contributed by atoms with Crippen LogP contribution in [0.15, 0.2) is 17.0 Å². The van der Waals surface area contributed by atoms with Gasteiger partial charge >= 0.3 is 0 Å². The predicted octanol–water partition coefficient (Wildman–Crippen LogP) is 0.641. The second-order valence-electron chi connectivity index (χ2n) is 4.42. The SMILES string of the molecule is O=C(c1cnco1)N1CCC2NCCCC21. The summed E-state index contributed by atoms with van der Waals surface area (Å²) in [6, 6.07) is 0.812. The molecule has 1 aromatic heterocycles. The monoisotopic (exact) mass is 221 g/mol. The van der Waals surface area contributed by atoms with Crippen LogP contribution in [0.2, 0.25) is 0 Å². The number of likely N-dealkylation sites (tertiary alicyclic amines) is 1. The van der Waals surface area contributed by atoms with Crippen molar-refractivity contribution in [3.8, 4) is 0 Å². The highest BCUT2D eigenvalue weighted by atomic mass is 16.3. The van der Waals surface area contributed by atoms with Crippen molar-refractivity contribution in [3.63, 3.8) is 0 Å². The van der Waals surface area contributed by atoms with Crippen molar-refractivity contribution in [3.05, 3.63) is 18.4 Å². The molecule has 2 unspecified atom stereocenters. The van der Waals surface area contributed by atoms with E-state index < -0.39 is 0 Å². The summed E-state index contributed by atoms with van der Waals surface area (Å²) in [6.07, 6.45) is 6.08. The smallest absolute Gasteiger partial charge is 0.291 e. The third kappa shape index (κ3) is 1.51. The Hall–Kier alpha value is -1.36. The number of hydrogen-bond acceptors (Lipinski definition) is 4. The Bertz CT molecular complexity index is 377. The molecule has 1 aromatic rings. The van der Waals surface area contributed by atoms with Gasteiger partial charge in [-0.05, 0) is 25.8 Å². The van der Waals surface area contributed by atoms with Crippen molar-refractivity contribution in [2.75, 3.05) is 13.1 Å². The van der Waals surface area contributed by atoms with Gasteiger partial charge in [0.25, 0.3) is 5.91 Å². The Balaban J connectivity index is 1.78. The molecule has 16 heavy (non-hydrogen) atoms. The highest BCUT2D eigenvalue weighted by Gasteiger charge is 2.39. The summed E-state index contributed by atoms with van der Waals surface area (Å²) in [7, 11) is 0. The van der Waals surface area contributed by atoms with E-state index in [-0.39, 0.29) is 5.91 Å². The van der Waals surface area contributed by atoms with Gasteiger partial charge in [-0.15, -0.1) is 0 Å². The van der Waals surface area contributed by atoms with Crippen LogP contribution in [-0.4, -0.2) is 41.0 Å². The van der Waals surface area contributed by atoms with Gasteiger partial charge in [0.05, 0.1) is 6.20 Å². The quantitative estimate of drug-likeness (QED) is 0.756. The summed E-state index contributed by atoms with van der Waals surface area (Å²) in [4.78, 5) is 17.8. The average molecular weight is 221 g/mol. The van der Waals surface area contributed by atoms with E-state index in [0.29, 0.717) is 17.8 Å². The fourth-order valence-corrected chi connectivity index (χ4v) is 2.76. The molecule has 1 N–H and O–H groups in total. The molecule has 2 saturated heterocycles. The second kappa shape index (κ2) is 3.90. The number of fused-ring (bicyclic) bond motifs is 1. The molecule has 5 heteroatoms. The Morgan fingerprint density at radius 2 is 2.50 bits per heavy atom. The van der Waals surface area contributed by atoms with Gasteiger partial charge in [0.15, 0.2) is 6.39 Å². The van der Waals surface area contributed by atoms with Crippen LogP contribution in [0.3, 0.4) is 0 Å². The normalized spacial score (nSPS) is 29.1. The highest BCUT2D eigenvalue weighted by Crippen LogP contribution is 2.26. The largest absolute Gasteiger partial charge is 0.438 e. The lowest BCUT2D eigenvalue weighted by Gasteiger charge is -2.31. The summed E-state index contributed by atoms with van der Waals surface area (Å²) >= 11 is 0. The summed E-state index contributed by atoms with van der Waals surface area (Å²) in [5, 5.41) is 3.47. The Morgan fingerprint density at radius 1 is 1.56 bits per heavy atom. The molecule has 0 spiro atoms. The zero-order chi connectivity index (χ0) is 11.0. The van der Waals surface area contributed by atoms with E-state index in [4.69, 9.17) is 4.42 Å². The topological polar surface area (TPSA) is 58.4 Å². The van der Waals surface area contributed by atoms with Crippen LogP contribution >= 0.6 is 0 Å². The fraction of sp³-hybridized carbons (Fsp3) is 0.636. The lowest BCUT2D eigenvalue weighted by molar-refractivity contribution is 0.0673. The highest BCUT2D eigenvalue weighted by molar-refractivity contribution is 5.91. The average Bonchev–Trinajstić information content (AvgIpc) is 2.98. The number of nitrogens with one attached hydrogen (secondary N) is 1. The van der Waals surface area contributed by atoms with E-state index >= 15 is 0 Å². The van der Waals surface area contributed by atoms with Gasteiger partial charge in [0.1, 0.15) is 0 Å². The molecule has 5 nitrogen and oxygen atoms in total. The van der Waals surface area contributed by atoms with E-state index in [1.165, 1.54) is 12.6 Å². The minimum absolute atomic E-state index is 0.0197. The van der Waals surface area contributed by atoms with E-state index in [1.807, 2.05) is 4.90 Å². The maximum atomic E-state index is 12.1. The number of amides is 1. The van der Waals surface area contributed by atoms with Gasteiger partial charge in [-0.25, -0.2) is 4.98 Å². The first-order chi connectivity index (χ1) is 7.86. The van der Waals surface area contributed by atoms with Gasteiger partial charge < -0.3 is 14.6 Å². The molecule has 0 bridgehead atoms. The van der Waals surface area contributed by atoms with Gasteiger partial charge in [0, 0.05) is 18.6 Å². The van der Waals surface area contributed by atoms with Crippen LogP contribution in [-0.2, 0) is 0 Å².